The molecule has 0 aromatic carbocycles. The van der Waals surface area contributed by atoms with Crippen molar-refractivity contribution in [1.29, 1.82) is 0 Å². The SMILES string of the molecule is COC(CCCCCN(C)CC(C)C)C(OC)C(C)(C)C. The first-order valence-corrected chi connectivity index (χ1v) is 8.46. The molecule has 0 bridgehead atoms. The van der Waals surface area contributed by atoms with Crippen LogP contribution in [-0.2, 0) is 9.47 Å². The molecule has 0 saturated carbocycles. The summed E-state index contributed by atoms with van der Waals surface area (Å²) in [6.45, 7) is 13.6. The Morgan fingerprint density at radius 1 is 0.952 bits per heavy atom. The van der Waals surface area contributed by atoms with Gasteiger partial charge in [0, 0.05) is 20.8 Å². The summed E-state index contributed by atoms with van der Waals surface area (Å²) in [6, 6.07) is 0. The zero-order valence-electron chi connectivity index (χ0n) is 15.7. The van der Waals surface area contributed by atoms with E-state index in [1.54, 1.807) is 14.2 Å². The summed E-state index contributed by atoms with van der Waals surface area (Å²) in [5.41, 5.74) is 0.118. The zero-order valence-corrected chi connectivity index (χ0v) is 15.7. The van der Waals surface area contributed by atoms with Gasteiger partial charge >= 0.3 is 0 Å². The Bertz CT molecular complexity index is 248. The Kier molecular flexibility index (Phi) is 10.5. The zero-order chi connectivity index (χ0) is 16.5. The second-order valence-electron chi connectivity index (χ2n) is 7.80. The standard InChI is InChI=1S/C18H39NO2/c1-15(2)14-19(6)13-11-9-10-12-16(20-7)17(21-8)18(3,4)5/h15-17H,9-14H2,1-8H3. The molecule has 0 saturated heterocycles. The fraction of sp³-hybridized carbons (Fsp3) is 1.00. The highest BCUT2D eigenvalue weighted by Gasteiger charge is 2.32. The van der Waals surface area contributed by atoms with E-state index in [1.807, 2.05) is 0 Å². The molecule has 0 amide bonds. The molecule has 0 heterocycles. The lowest BCUT2D eigenvalue weighted by atomic mass is 9.84. The molecule has 0 aromatic heterocycles. The number of methoxy groups -OCH3 is 2. The van der Waals surface area contributed by atoms with Crippen LogP contribution in [0.2, 0.25) is 0 Å². The summed E-state index contributed by atoms with van der Waals surface area (Å²) in [5, 5.41) is 0. The Labute approximate surface area is 133 Å². The third-order valence-corrected chi connectivity index (χ3v) is 3.95. The van der Waals surface area contributed by atoms with E-state index < -0.39 is 0 Å². The van der Waals surface area contributed by atoms with Gasteiger partial charge in [0.2, 0.25) is 0 Å². The summed E-state index contributed by atoms with van der Waals surface area (Å²) >= 11 is 0. The van der Waals surface area contributed by atoms with Crippen molar-refractivity contribution in [2.75, 3.05) is 34.4 Å². The third kappa shape index (κ3) is 9.49. The van der Waals surface area contributed by atoms with Crippen LogP contribution in [0, 0.1) is 11.3 Å². The Morgan fingerprint density at radius 3 is 2.00 bits per heavy atom. The summed E-state index contributed by atoms with van der Waals surface area (Å²) < 4.78 is 11.3. The maximum absolute atomic E-state index is 5.67. The fourth-order valence-electron chi connectivity index (χ4n) is 3.07. The molecule has 0 N–H and O–H groups in total. The molecule has 0 spiro atoms. The van der Waals surface area contributed by atoms with Gasteiger partial charge in [-0.15, -0.1) is 0 Å². The molecule has 0 radical (unpaired) electrons. The summed E-state index contributed by atoms with van der Waals surface area (Å²) in [6.07, 6.45) is 5.19. The molecule has 0 fully saturated rings. The number of unbranched alkanes of at least 4 members (excludes halogenated alkanes) is 2. The Balaban J connectivity index is 3.97. The number of hydrogen-bond donors (Lipinski definition) is 0. The lowest BCUT2D eigenvalue weighted by molar-refractivity contribution is -0.0901. The van der Waals surface area contributed by atoms with Crippen LogP contribution in [0.25, 0.3) is 0 Å². The largest absolute Gasteiger partial charge is 0.379 e. The second-order valence-corrected chi connectivity index (χ2v) is 7.80. The van der Waals surface area contributed by atoms with Gasteiger partial charge in [-0.25, -0.2) is 0 Å². The maximum Gasteiger partial charge on any atom is 0.0880 e. The Hall–Kier alpha value is -0.120. The molecular weight excluding hydrogens is 262 g/mol. The van der Waals surface area contributed by atoms with E-state index in [0.717, 1.165) is 12.3 Å². The van der Waals surface area contributed by atoms with Crippen LogP contribution in [-0.4, -0.2) is 51.5 Å². The predicted octanol–water partition coefficient (Wildman–Crippen LogP) is 4.21. The number of rotatable bonds is 11. The van der Waals surface area contributed by atoms with Gasteiger partial charge in [-0.1, -0.05) is 47.5 Å². The minimum atomic E-state index is 0.118. The molecule has 0 aliphatic heterocycles. The Morgan fingerprint density at radius 2 is 1.57 bits per heavy atom. The lowest BCUT2D eigenvalue weighted by Crippen LogP contribution is -2.40. The number of nitrogens with zero attached hydrogens (tertiary/aromatic N) is 1. The molecule has 128 valence electrons. The van der Waals surface area contributed by atoms with Crippen LogP contribution in [0.5, 0.6) is 0 Å². The minimum Gasteiger partial charge on any atom is -0.379 e. The first-order chi connectivity index (χ1) is 9.72. The van der Waals surface area contributed by atoms with Crippen molar-refractivity contribution in [1.82, 2.24) is 4.90 Å². The highest BCUT2D eigenvalue weighted by molar-refractivity contribution is 4.82. The predicted molar refractivity (Wildman–Crippen MR) is 91.9 cm³/mol. The highest BCUT2D eigenvalue weighted by Crippen LogP contribution is 2.28. The molecule has 21 heavy (non-hydrogen) atoms. The van der Waals surface area contributed by atoms with Gasteiger partial charge in [0.25, 0.3) is 0 Å². The fourth-order valence-corrected chi connectivity index (χ4v) is 3.07. The van der Waals surface area contributed by atoms with Crippen LogP contribution in [0.3, 0.4) is 0 Å². The third-order valence-electron chi connectivity index (χ3n) is 3.95. The van der Waals surface area contributed by atoms with E-state index in [-0.39, 0.29) is 17.6 Å². The molecule has 0 aliphatic rings. The summed E-state index contributed by atoms with van der Waals surface area (Å²) in [5.74, 6) is 0.752. The molecule has 3 nitrogen and oxygen atoms in total. The van der Waals surface area contributed by atoms with Gasteiger partial charge in [0.15, 0.2) is 0 Å². The van der Waals surface area contributed by atoms with Crippen molar-refractivity contribution in [2.24, 2.45) is 11.3 Å². The molecule has 3 heteroatoms. The minimum absolute atomic E-state index is 0.118. The van der Waals surface area contributed by atoms with Crippen molar-refractivity contribution in [3.63, 3.8) is 0 Å². The van der Waals surface area contributed by atoms with Crippen LogP contribution in [0.1, 0.15) is 60.3 Å². The van der Waals surface area contributed by atoms with Gasteiger partial charge in [-0.3, -0.25) is 0 Å². The van der Waals surface area contributed by atoms with Crippen LogP contribution >= 0.6 is 0 Å². The number of hydrogen-bond acceptors (Lipinski definition) is 3. The van der Waals surface area contributed by atoms with Crippen LogP contribution in [0.4, 0.5) is 0 Å². The second kappa shape index (κ2) is 10.6. The molecule has 0 aromatic rings. The van der Waals surface area contributed by atoms with E-state index >= 15 is 0 Å². The molecular formula is C18H39NO2. The summed E-state index contributed by atoms with van der Waals surface area (Å²) in [4.78, 5) is 2.44. The van der Waals surface area contributed by atoms with Crippen LogP contribution in [0.15, 0.2) is 0 Å². The summed E-state index contributed by atoms with van der Waals surface area (Å²) in [7, 11) is 5.82. The maximum atomic E-state index is 5.67. The first kappa shape index (κ1) is 20.9. The highest BCUT2D eigenvalue weighted by atomic mass is 16.5. The average Bonchev–Trinajstić information content (AvgIpc) is 2.34. The normalized spacial score (nSPS) is 15.7. The quantitative estimate of drug-likeness (QED) is 0.534. The van der Waals surface area contributed by atoms with E-state index in [1.165, 1.54) is 32.4 Å². The van der Waals surface area contributed by atoms with Crippen LogP contribution < -0.4 is 0 Å². The smallest absolute Gasteiger partial charge is 0.0880 e. The lowest BCUT2D eigenvalue weighted by Gasteiger charge is -2.35. The van der Waals surface area contributed by atoms with E-state index in [2.05, 4.69) is 46.6 Å². The monoisotopic (exact) mass is 301 g/mol. The van der Waals surface area contributed by atoms with E-state index in [0.29, 0.717) is 0 Å². The molecule has 0 aliphatic carbocycles. The van der Waals surface area contributed by atoms with Crippen molar-refractivity contribution >= 4 is 0 Å². The van der Waals surface area contributed by atoms with Crippen molar-refractivity contribution in [2.45, 2.75) is 72.5 Å². The van der Waals surface area contributed by atoms with Gasteiger partial charge in [-0.05, 0) is 37.8 Å². The van der Waals surface area contributed by atoms with Gasteiger partial charge < -0.3 is 14.4 Å². The molecule has 2 atom stereocenters. The number of ether oxygens (including phenoxy) is 2. The topological polar surface area (TPSA) is 21.7 Å². The van der Waals surface area contributed by atoms with Crippen molar-refractivity contribution in [3.05, 3.63) is 0 Å². The first-order valence-electron chi connectivity index (χ1n) is 8.46. The van der Waals surface area contributed by atoms with Gasteiger partial charge in [0.05, 0.1) is 12.2 Å². The van der Waals surface area contributed by atoms with Gasteiger partial charge in [0.1, 0.15) is 0 Å². The average molecular weight is 302 g/mol. The van der Waals surface area contributed by atoms with Gasteiger partial charge in [-0.2, -0.15) is 0 Å². The van der Waals surface area contributed by atoms with Crippen molar-refractivity contribution < 1.29 is 9.47 Å². The molecule has 2 unspecified atom stereocenters. The van der Waals surface area contributed by atoms with E-state index in [9.17, 15) is 0 Å². The van der Waals surface area contributed by atoms with Crippen molar-refractivity contribution in [3.8, 4) is 0 Å². The molecule has 0 rings (SSSR count). The van der Waals surface area contributed by atoms with E-state index in [4.69, 9.17) is 9.47 Å².